The second-order valence-corrected chi connectivity index (χ2v) is 5.06. The van der Waals surface area contributed by atoms with Crippen LogP contribution in [0.1, 0.15) is 25.8 Å². The molecule has 0 saturated heterocycles. The second kappa shape index (κ2) is 5.89. The molecule has 0 aliphatic carbocycles. The van der Waals surface area contributed by atoms with Crippen LogP contribution in [-0.4, -0.2) is 24.1 Å². The van der Waals surface area contributed by atoms with Crippen molar-refractivity contribution in [2.24, 2.45) is 0 Å². The lowest BCUT2D eigenvalue weighted by atomic mass is 9.86. The monoisotopic (exact) mass is 283 g/mol. The number of hydrogen-bond donors (Lipinski definition) is 2. The number of aliphatic hydroxyl groups is 1. The lowest BCUT2D eigenvalue weighted by Crippen LogP contribution is -2.47. The van der Waals surface area contributed by atoms with E-state index in [1.807, 2.05) is 19.1 Å². The van der Waals surface area contributed by atoms with Crippen molar-refractivity contribution in [1.82, 2.24) is 5.32 Å². The fourth-order valence-corrected chi connectivity index (χ4v) is 2.41. The van der Waals surface area contributed by atoms with Crippen LogP contribution in [0, 0.1) is 0 Å². The Balaban J connectivity index is 2.33. The molecule has 0 saturated carbocycles. The second-order valence-electron chi connectivity index (χ2n) is 5.06. The van der Waals surface area contributed by atoms with Gasteiger partial charge in [-0.2, -0.15) is 0 Å². The maximum Gasteiger partial charge on any atom is 0.240 e. The first-order chi connectivity index (χ1) is 9.45. The van der Waals surface area contributed by atoms with Crippen molar-refractivity contribution in [3.63, 3.8) is 0 Å². The Morgan fingerprint density at radius 3 is 2.75 bits per heavy atom. The molecule has 2 unspecified atom stereocenters. The summed E-state index contributed by atoms with van der Waals surface area (Å²) in [6, 6.07) is 6.35. The van der Waals surface area contributed by atoms with Crippen molar-refractivity contribution in [3.05, 3.63) is 36.1 Å². The van der Waals surface area contributed by atoms with E-state index in [0.717, 1.165) is 5.39 Å². The summed E-state index contributed by atoms with van der Waals surface area (Å²) in [6.45, 7) is 3.88. The molecule has 2 N–H and O–H groups in total. The van der Waals surface area contributed by atoms with Gasteiger partial charge in [0.05, 0.1) is 6.26 Å². The van der Waals surface area contributed by atoms with Gasteiger partial charge < -0.3 is 14.8 Å². The number of benzene rings is 1. The van der Waals surface area contributed by atoms with Crippen LogP contribution in [0.25, 0.3) is 11.0 Å². The zero-order chi connectivity index (χ0) is 14.8. The summed E-state index contributed by atoms with van der Waals surface area (Å²) in [6.07, 6.45) is -1.32. The highest BCUT2D eigenvalue weighted by Crippen LogP contribution is 2.30. The lowest BCUT2D eigenvalue weighted by Gasteiger charge is -2.34. The zero-order valence-corrected chi connectivity index (χ0v) is 11.6. The highest BCUT2D eigenvalue weighted by atomic mass is 19.3. The van der Waals surface area contributed by atoms with Crippen molar-refractivity contribution >= 4 is 11.0 Å². The highest BCUT2D eigenvalue weighted by Gasteiger charge is 2.35. The average molecular weight is 283 g/mol. The standard InChI is InChI=1S/C15H19F2NO2/c1-3-18-13(9-14(16)17)15(2,19)11-5-4-10-6-7-20-12(10)8-11/h4-8,13-14,18-19H,3,9H2,1-2H3. The highest BCUT2D eigenvalue weighted by molar-refractivity contribution is 5.77. The predicted octanol–water partition coefficient (Wildman–Crippen LogP) is 3.27. The third kappa shape index (κ3) is 2.99. The molecule has 0 radical (unpaired) electrons. The molecule has 1 aromatic heterocycles. The molecule has 2 rings (SSSR count). The molecular weight excluding hydrogens is 264 g/mol. The van der Waals surface area contributed by atoms with Crippen molar-refractivity contribution < 1.29 is 18.3 Å². The number of alkyl halides is 2. The van der Waals surface area contributed by atoms with Crippen LogP contribution in [0.5, 0.6) is 0 Å². The van der Waals surface area contributed by atoms with Crippen LogP contribution >= 0.6 is 0 Å². The molecule has 2 aromatic rings. The summed E-state index contributed by atoms with van der Waals surface area (Å²) in [7, 11) is 0. The van der Waals surface area contributed by atoms with Gasteiger partial charge >= 0.3 is 0 Å². The van der Waals surface area contributed by atoms with E-state index in [0.29, 0.717) is 17.7 Å². The number of fused-ring (bicyclic) bond motifs is 1. The van der Waals surface area contributed by atoms with E-state index in [4.69, 9.17) is 4.42 Å². The Morgan fingerprint density at radius 1 is 1.35 bits per heavy atom. The van der Waals surface area contributed by atoms with E-state index in [2.05, 4.69) is 5.32 Å². The first-order valence-corrected chi connectivity index (χ1v) is 6.66. The Bertz CT molecular complexity index is 566. The van der Waals surface area contributed by atoms with E-state index in [1.54, 1.807) is 25.3 Å². The molecule has 0 aliphatic rings. The number of likely N-dealkylation sites (N-methyl/N-ethyl adjacent to an activating group) is 1. The molecule has 5 heteroatoms. The van der Waals surface area contributed by atoms with Gasteiger partial charge in [-0.15, -0.1) is 0 Å². The minimum Gasteiger partial charge on any atom is -0.464 e. The quantitative estimate of drug-likeness (QED) is 0.855. The van der Waals surface area contributed by atoms with Crippen molar-refractivity contribution in [3.8, 4) is 0 Å². The maximum absolute atomic E-state index is 12.7. The maximum atomic E-state index is 12.7. The van der Waals surface area contributed by atoms with E-state index in [-0.39, 0.29) is 0 Å². The number of halogens is 2. The molecule has 1 aromatic carbocycles. The summed E-state index contributed by atoms with van der Waals surface area (Å²) in [5.74, 6) is 0. The molecule has 0 aliphatic heterocycles. The third-order valence-electron chi connectivity index (χ3n) is 3.58. The van der Waals surface area contributed by atoms with Gasteiger partial charge in [-0.25, -0.2) is 8.78 Å². The first kappa shape index (κ1) is 14.9. The van der Waals surface area contributed by atoms with Crippen molar-refractivity contribution in [2.45, 2.75) is 38.3 Å². The van der Waals surface area contributed by atoms with Gasteiger partial charge in [-0.1, -0.05) is 19.1 Å². The average Bonchev–Trinajstić information content (AvgIpc) is 2.84. The van der Waals surface area contributed by atoms with Gasteiger partial charge in [0.25, 0.3) is 0 Å². The third-order valence-corrected chi connectivity index (χ3v) is 3.58. The minimum absolute atomic E-state index is 0.406. The van der Waals surface area contributed by atoms with E-state index >= 15 is 0 Å². The largest absolute Gasteiger partial charge is 0.464 e. The van der Waals surface area contributed by atoms with Crippen LogP contribution in [0.15, 0.2) is 34.9 Å². The summed E-state index contributed by atoms with van der Waals surface area (Å²) >= 11 is 0. The Morgan fingerprint density at radius 2 is 2.10 bits per heavy atom. The van der Waals surface area contributed by atoms with Gasteiger partial charge in [0.2, 0.25) is 6.43 Å². The Hall–Kier alpha value is -1.46. The van der Waals surface area contributed by atoms with Crippen LogP contribution in [0.4, 0.5) is 8.78 Å². The fourth-order valence-electron chi connectivity index (χ4n) is 2.41. The van der Waals surface area contributed by atoms with Gasteiger partial charge in [-0.3, -0.25) is 0 Å². The van der Waals surface area contributed by atoms with Crippen LogP contribution in [0.3, 0.4) is 0 Å². The molecule has 20 heavy (non-hydrogen) atoms. The molecule has 3 nitrogen and oxygen atoms in total. The van der Waals surface area contributed by atoms with Crippen LogP contribution < -0.4 is 5.32 Å². The zero-order valence-electron chi connectivity index (χ0n) is 11.6. The normalized spacial score (nSPS) is 16.5. The molecular formula is C15H19F2NO2. The van der Waals surface area contributed by atoms with E-state index < -0.39 is 24.5 Å². The topological polar surface area (TPSA) is 45.4 Å². The van der Waals surface area contributed by atoms with Gasteiger partial charge in [0, 0.05) is 17.8 Å². The van der Waals surface area contributed by atoms with Crippen LogP contribution in [-0.2, 0) is 5.60 Å². The molecule has 1 heterocycles. The molecule has 0 spiro atoms. The Kier molecular flexibility index (Phi) is 4.40. The molecule has 0 fully saturated rings. The molecule has 0 bridgehead atoms. The molecule has 0 amide bonds. The van der Waals surface area contributed by atoms with Gasteiger partial charge in [-0.05, 0) is 31.2 Å². The first-order valence-electron chi connectivity index (χ1n) is 6.66. The summed E-state index contributed by atoms with van der Waals surface area (Å²) < 4.78 is 30.7. The minimum atomic E-state index is -2.47. The van der Waals surface area contributed by atoms with Gasteiger partial charge in [0.1, 0.15) is 11.2 Å². The smallest absolute Gasteiger partial charge is 0.240 e. The number of nitrogens with one attached hydrogen (secondary N) is 1. The lowest BCUT2D eigenvalue weighted by molar-refractivity contribution is -0.0105. The summed E-state index contributed by atoms with van der Waals surface area (Å²) in [4.78, 5) is 0. The van der Waals surface area contributed by atoms with Crippen molar-refractivity contribution in [1.29, 1.82) is 0 Å². The number of furan rings is 1. The van der Waals surface area contributed by atoms with Crippen molar-refractivity contribution in [2.75, 3.05) is 6.54 Å². The number of hydrogen-bond acceptors (Lipinski definition) is 3. The SMILES string of the molecule is CCNC(CC(F)F)C(C)(O)c1ccc2ccoc2c1. The molecule has 110 valence electrons. The molecule has 2 atom stereocenters. The van der Waals surface area contributed by atoms with Crippen LogP contribution in [0.2, 0.25) is 0 Å². The van der Waals surface area contributed by atoms with E-state index in [9.17, 15) is 13.9 Å². The fraction of sp³-hybridized carbons (Fsp3) is 0.467. The Labute approximate surface area is 116 Å². The summed E-state index contributed by atoms with van der Waals surface area (Å²) in [5.41, 5.74) is -0.199. The predicted molar refractivity (Wildman–Crippen MR) is 73.9 cm³/mol. The van der Waals surface area contributed by atoms with E-state index in [1.165, 1.54) is 0 Å². The van der Waals surface area contributed by atoms with Gasteiger partial charge in [0.15, 0.2) is 0 Å². The summed E-state index contributed by atoms with van der Waals surface area (Å²) in [5, 5.41) is 14.5. The number of rotatable bonds is 6.